The van der Waals surface area contributed by atoms with Crippen LogP contribution in [0.4, 0.5) is 0 Å². The minimum absolute atomic E-state index is 0.0779. The van der Waals surface area contributed by atoms with Crippen LogP contribution < -0.4 is 0 Å². The van der Waals surface area contributed by atoms with Crippen LogP contribution in [0.2, 0.25) is 0 Å². The first kappa shape index (κ1) is 14.9. The molecule has 3 nitrogen and oxygen atoms in total. The molecule has 0 unspecified atom stereocenters. The second-order valence-electron chi connectivity index (χ2n) is 8.42. The van der Waals surface area contributed by atoms with E-state index in [2.05, 4.69) is 26.0 Å². The quantitative estimate of drug-likeness (QED) is 0.798. The summed E-state index contributed by atoms with van der Waals surface area (Å²) < 4.78 is 0. The highest BCUT2D eigenvalue weighted by molar-refractivity contribution is 5.92. The lowest BCUT2D eigenvalue weighted by atomic mass is 9.49. The number of carbonyl (C=O) groups excluding carboxylic acids is 1. The molecule has 0 aromatic heterocycles. The maximum Gasteiger partial charge on any atom is 0.331 e. The molecule has 0 aromatic rings. The van der Waals surface area contributed by atoms with Gasteiger partial charge >= 0.3 is 5.97 Å². The Morgan fingerprint density at radius 2 is 2.09 bits per heavy atom. The topological polar surface area (TPSA) is 54.4 Å². The minimum Gasteiger partial charge on any atom is -0.478 e. The van der Waals surface area contributed by atoms with Gasteiger partial charge in [-0.2, -0.15) is 0 Å². The second-order valence-corrected chi connectivity index (χ2v) is 8.42. The molecule has 3 heteroatoms. The van der Waals surface area contributed by atoms with Gasteiger partial charge in [0.25, 0.3) is 0 Å². The van der Waals surface area contributed by atoms with E-state index >= 15 is 0 Å². The third-order valence-electron chi connectivity index (χ3n) is 7.14. The van der Waals surface area contributed by atoms with Gasteiger partial charge in [-0.05, 0) is 65.9 Å². The predicted octanol–water partition coefficient (Wildman–Crippen LogP) is 3.92. The van der Waals surface area contributed by atoms with Crippen molar-refractivity contribution < 1.29 is 14.7 Å². The zero-order valence-corrected chi connectivity index (χ0v) is 13.8. The molecule has 0 amide bonds. The Balaban J connectivity index is 1.76. The standard InChI is InChI=1S/C20H24O3/c1-19-7-6-16-15(17(19)9-12(11-19)18(22)23)4-3-13-10-14(21)5-8-20(13,16)2/h3-4,9-10,15-17H,5-8,11H2,1-2H3,(H,22,23)/t15-,16+,17+,19-,20+/m1/s1. The van der Waals surface area contributed by atoms with E-state index in [9.17, 15) is 14.7 Å². The van der Waals surface area contributed by atoms with Crippen molar-refractivity contribution in [1.82, 2.24) is 0 Å². The largest absolute Gasteiger partial charge is 0.478 e. The summed E-state index contributed by atoms with van der Waals surface area (Å²) in [6.45, 7) is 4.57. The van der Waals surface area contributed by atoms with Gasteiger partial charge in [-0.15, -0.1) is 0 Å². The molecule has 4 rings (SSSR count). The monoisotopic (exact) mass is 312 g/mol. The van der Waals surface area contributed by atoms with Crippen molar-refractivity contribution in [2.45, 2.75) is 46.0 Å². The van der Waals surface area contributed by atoms with Gasteiger partial charge in [0.15, 0.2) is 5.78 Å². The first-order chi connectivity index (χ1) is 10.8. The predicted molar refractivity (Wildman–Crippen MR) is 87.7 cm³/mol. The van der Waals surface area contributed by atoms with Crippen LogP contribution in [0, 0.1) is 28.6 Å². The average Bonchev–Trinajstić information content (AvgIpc) is 2.86. The number of aliphatic carboxylic acids is 1. The molecule has 0 saturated heterocycles. The van der Waals surface area contributed by atoms with E-state index in [4.69, 9.17) is 0 Å². The van der Waals surface area contributed by atoms with E-state index in [0.717, 1.165) is 19.3 Å². The Bertz CT molecular complexity index is 683. The molecule has 0 aromatic carbocycles. The Morgan fingerprint density at radius 3 is 2.83 bits per heavy atom. The van der Waals surface area contributed by atoms with Crippen molar-refractivity contribution in [1.29, 1.82) is 0 Å². The summed E-state index contributed by atoms with van der Waals surface area (Å²) in [6.07, 6.45) is 12.8. The smallest absolute Gasteiger partial charge is 0.331 e. The van der Waals surface area contributed by atoms with Crippen LogP contribution in [0.1, 0.15) is 46.0 Å². The number of carbonyl (C=O) groups is 2. The van der Waals surface area contributed by atoms with Crippen LogP contribution in [0.15, 0.2) is 35.5 Å². The summed E-state index contributed by atoms with van der Waals surface area (Å²) in [5, 5.41) is 9.41. The molecule has 5 atom stereocenters. The lowest BCUT2D eigenvalue weighted by Crippen LogP contribution is -2.47. The highest BCUT2D eigenvalue weighted by atomic mass is 16.4. The van der Waals surface area contributed by atoms with Crippen molar-refractivity contribution >= 4 is 11.8 Å². The number of rotatable bonds is 1. The van der Waals surface area contributed by atoms with Crippen molar-refractivity contribution in [3.8, 4) is 0 Å². The molecule has 23 heavy (non-hydrogen) atoms. The van der Waals surface area contributed by atoms with Gasteiger partial charge in [0.2, 0.25) is 0 Å². The fourth-order valence-electron chi connectivity index (χ4n) is 5.72. The Kier molecular flexibility index (Phi) is 3.04. The number of allylic oxidation sites excluding steroid dienone is 5. The first-order valence-corrected chi connectivity index (χ1v) is 8.71. The Morgan fingerprint density at radius 1 is 1.30 bits per heavy atom. The molecule has 0 spiro atoms. The number of carboxylic acids is 1. The zero-order chi connectivity index (χ0) is 16.4. The van der Waals surface area contributed by atoms with Crippen LogP contribution in [-0.4, -0.2) is 16.9 Å². The summed E-state index contributed by atoms with van der Waals surface area (Å²) in [7, 11) is 0. The van der Waals surface area contributed by atoms with Gasteiger partial charge in [0.05, 0.1) is 0 Å². The van der Waals surface area contributed by atoms with Crippen molar-refractivity contribution in [3.05, 3.63) is 35.5 Å². The van der Waals surface area contributed by atoms with Gasteiger partial charge in [-0.3, -0.25) is 4.79 Å². The summed E-state index contributed by atoms with van der Waals surface area (Å²) in [5.41, 5.74) is 1.95. The SMILES string of the molecule is C[C@]12CC[C@H]3[C@@H](C=CC4=CC(=O)CC[C@@]43C)[C@@H]1C=C(C(=O)O)C2. The molecule has 4 aliphatic carbocycles. The highest BCUT2D eigenvalue weighted by Crippen LogP contribution is 2.62. The van der Waals surface area contributed by atoms with Crippen LogP contribution >= 0.6 is 0 Å². The third-order valence-corrected chi connectivity index (χ3v) is 7.14. The summed E-state index contributed by atoms with van der Waals surface area (Å²) in [4.78, 5) is 23.2. The second kappa shape index (κ2) is 4.68. The van der Waals surface area contributed by atoms with Crippen LogP contribution in [-0.2, 0) is 9.59 Å². The third kappa shape index (κ3) is 2.02. The lowest BCUT2D eigenvalue weighted by molar-refractivity contribution is -0.133. The molecule has 1 N–H and O–H groups in total. The molecule has 122 valence electrons. The average molecular weight is 312 g/mol. The molecule has 1 saturated carbocycles. The molecule has 0 heterocycles. The van der Waals surface area contributed by atoms with Gasteiger partial charge in [0.1, 0.15) is 0 Å². The highest BCUT2D eigenvalue weighted by Gasteiger charge is 2.55. The first-order valence-electron chi connectivity index (χ1n) is 8.71. The number of fused-ring (bicyclic) bond motifs is 5. The lowest BCUT2D eigenvalue weighted by Gasteiger charge is -2.54. The van der Waals surface area contributed by atoms with E-state index in [1.54, 1.807) is 0 Å². The van der Waals surface area contributed by atoms with Gasteiger partial charge in [-0.25, -0.2) is 4.79 Å². The zero-order valence-electron chi connectivity index (χ0n) is 13.8. The summed E-state index contributed by atoms with van der Waals surface area (Å²) in [6, 6.07) is 0. The Labute approximate surface area is 137 Å². The molecule has 0 radical (unpaired) electrons. The van der Waals surface area contributed by atoms with E-state index in [0.29, 0.717) is 36.2 Å². The molecule has 4 aliphatic rings. The maximum atomic E-state index is 11.8. The molecule has 1 fully saturated rings. The van der Waals surface area contributed by atoms with Crippen molar-refractivity contribution in [2.24, 2.45) is 28.6 Å². The van der Waals surface area contributed by atoms with Crippen LogP contribution in [0.3, 0.4) is 0 Å². The number of ketones is 1. The van der Waals surface area contributed by atoms with E-state index < -0.39 is 5.97 Å². The van der Waals surface area contributed by atoms with Crippen LogP contribution in [0.5, 0.6) is 0 Å². The number of carboxylic acid groups (broad SMARTS) is 1. The van der Waals surface area contributed by atoms with Crippen molar-refractivity contribution in [3.63, 3.8) is 0 Å². The molecule has 0 aliphatic heterocycles. The summed E-state index contributed by atoms with van der Waals surface area (Å²) >= 11 is 0. The van der Waals surface area contributed by atoms with Crippen molar-refractivity contribution in [2.75, 3.05) is 0 Å². The van der Waals surface area contributed by atoms with E-state index in [1.807, 2.05) is 12.2 Å². The minimum atomic E-state index is -0.757. The summed E-state index contributed by atoms with van der Waals surface area (Å²) in [5.74, 6) is 0.733. The normalized spacial score (nSPS) is 44.8. The molecule has 0 bridgehead atoms. The fraction of sp³-hybridized carbons (Fsp3) is 0.600. The van der Waals surface area contributed by atoms with E-state index in [-0.39, 0.29) is 16.6 Å². The molecular weight excluding hydrogens is 288 g/mol. The maximum absolute atomic E-state index is 11.8. The van der Waals surface area contributed by atoms with E-state index in [1.165, 1.54) is 5.57 Å². The van der Waals surface area contributed by atoms with Gasteiger partial charge in [0, 0.05) is 12.0 Å². The fourth-order valence-corrected chi connectivity index (χ4v) is 5.72. The molecular formula is C20H24O3. The van der Waals surface area contributed by atoms with Gasteiger partial charge in [-0.1, -0.05) is 32.1 Å². The Hall–Kier alpha value is -1.64. The number of hydrogen-bond acceptors (Lipinski definition) is 2. The van der Waals surface area contributed by atoms with Gasteiger partial charge < -0.3 is 5.11 Å². The number of hydrogen-bond donors (Lipinski definition) is 1. The van der Waals surface area contributed by atoms with Crippen LogP contribution in [0.25, 0.3) is 0 Å².